The van der Waals surface area contributed by atoms with E-state index in [1.807, 2.05) is 0 Å². The predicted molar refractivity (Wildman–Crippen MR) is 487 cm³/mol. The van der Waals surface area contributed by atoms with Crippen LogP contribution in [0.15, 0.2) is 455 Å². The highest BCUT2D eigenvalue weighted by molar-refractivity contribution is 6.12. The Morgan fingerprint density at radius 2 is 0.426 bits per heavy atom. The molecule has 0 radical (unpaired) electrons. The van der Waals surface area contributed by atoms with Crippen molar-refractivity contribution in [3.8, 4) is 78.1 Å². The summed E-state index contributed by atoms with van der Waals surface area (Å²) in [6.07, 6.45) is 0. The summed E-state index contributed by atoms with van der Waals surface area (Å²) in [7, 11) is 0. The van der Waals surface area contributed by atoms with Crippen LogP contribution in [0.5, 0.6) is 0 Å². The molecule has 21 aromatic rings. The molecule has 2 aromatic heterocycles. The van der Waals surface area contributed by atoms with E-state index in [1.165, 1.54) is 54.6 Å². The van der Waals surface area contributed by atoms with Crippen LogP contribution in [0, 0.1) is 0 Å². The summed E-state index contributed by atoms with van der Waals surface area (Å²) in [5.74, 6) is 0. The molecule has 0 aliphatic heterocycles. The highest BCUT2D eigenvalue weighted by Gasteiger charge is 2.24. The smallest absolute Gasteiger partial charge is 0.0547 e. The molecule has 0 spiro atoms. The van der Waals surface area contributed by atoms with Crippen molar-refractivity contribution in [3.63, 3.8) is 0 Å². The van der Waals surface area contributed by atoms with Gasteiger partial charge < -0.3 is 23.8 Å². The normalized spacial score (nSPS) is 11.5. The quantitative estimate of drug-likeness (QED) is 0.0906. The van der Waals surface area contributed by atoms with Gasteiger partial charge in [0, 0.05) is 83.5 Å². The zero-order valence-electron chi connectivity index (χ0n) is 63.0. The molecular formula is C110H75N5. The zero-order valence-corrected chi connectivity index (χ0v) is 63.0. The van der Waals surface area contributed by atoms with Crippen molar-refractivity contribution in [3.05, 3.63) is 455 Å². The van der Waals surface area contributed by atoms with Gasteiger partial charge >= 0.3 is 0 Å². The van der Waals surface area contributed by atoms with Crippen molar-refractivity contribution in [1.29, 1.82) is 0 Å². The van der Waals surface area contributed by atoms with E-state index in [4.69, 9.17) is 0 Å². The van der Waals surface area contributed by atoms with E-state index in [0.29, 0.717) is 0 Å². The van der Waals surface area contributed by atoms with E-state index in [1.54, 1.807) is 0 Å². The molecule has 0 unspecified atom stereocenters. The van der Waals surface area contributed by atoms with E-state index in [9.17, 15) is 0 Å². The van der Waals surface area contributed by atoms with Crippen LogP contribution in [0.25, 0.3) is 143 Å². The molecule has 540 valence electrons. The molecule has 0 atom stereocenters. The Morgan fingerprint density at radius 1 is 0.139 bits per heavy atom. The third-order valence-corrected chi connectivity index (χ3v) is 22.8. The van der Waals surface area contributed by atoms with Crippen molar-refractivity contribution < 1.29 is 0 Å². The first-order valence-electron chi connectivity index (χ1n) is 39.4. The molecule has 0 fully saturated rings. The standard InChI is InChI=1S/C110H75N5/c1-5-24-76(25-6-1)80-48-59-92(60-49-80)111(93-61-50-81(51-62-93)77-26-7-2-8-27-77)94-63-56-84(57-64-94)89-71-97(114-106-40-20-17-37-101(106)102-38-18-21-41-107(102)114)75-98(72-89)115-108-42-22-19-39-103(108)104-69-58-86(73-110(104)115)88-70-87-29-14-16-36-100(87)109(74-88)113(91-33-11-4-12-34-91)96-67-54-83(55-68-96)79-46-44-78(45-47-79)82-52-65-95(66-53-82)112(90-31-9-3-10-32-90)105-43-23-30-85-28-13-15-35-99(85)105/h1-75H. The van der Waals surface area contributed by atoms with Crippen molar-refractivity contribution >= 4 is 116 Å². The van der Waals surface area contributed by atoms with E-state index in [0.717, 1.165) is 140 Å². The summed E-state index contributed by atoms with van der Waals surface area (Å²) in [5.41, 5.74) is 30.2. The Kier molecular flexibility index (Phi) is 17.2. The maximum absolute atomic E-state index is 2.50. The SMILES string of the molecule is c1ccc(-c2ccc(N(c3ccc(-c4ccccc4)cc3)c3ccc(-c4cc(-n5c6ccccc6c6ccccc65)cc(-n5c6ccccc6c6ccc(-c7cc(N(c8ccccc8)c8ccc(-c9ccc(-c%10ccc(N(c%11ccccc%11)c%11cccc%12ccccc%11%12)cc%10)cc9)cc8)c8ccccc8c7)cc65)c4)cc3)cc2)cc1. The molecule has 0 aliphatic carbocycles. The molecule has 0 N–H and O–H groups in total. The van der Waals surface area contributed by atoms with E-state index < -0.39 is 0 Å². The second kappa shape index (κ2) is 29.2. The first-order valence-corrected chi connectivity index (χ1v) is 39.4. The minimum atomic E-state index is 1.06. The molecule has 0 aliphatic rings. The van der Waals surface area contributed by atoms with Gasteiger partial charge in [0.25, 0.3) is 0 Å². The number of anilines is 9. The van der Waals surface area contributed by atoms with Crippen molar-refractivity contribution in [1.82, 2.24) is 9.13 Å². The molecule has 5 nitrogen and oxygen atoms in total. The van der Waals surface area contributed by atoms with Crippen molar-refractivity contribution in [2.24, 2.45) is 0 Å². The monoisotopic (exact) mass is 1470 g/mol. The van der Waals surface area contributed by atoms with Gasteiger partial charge in [-0.3, -0.25) is 0 Å². The van der Waals surface area contributed by atoms with Gasteiger partial charge in [-0.05, 0) is 223 Å². The van der Waals surface area contributed by atoms with Gasteiger partial charge in [-0.25, -0.2) is 0 Å². The fourth-order valence-corrected chi connectivity index (χ4v) is 17.3. The highest BCUT2D eigenvalue weighted by Crippen LogP contribution is 2.47. The number of hydrogen-bond acceptors (Lipinski definition) is 3. The van der Waals surface area contributed by atoms with E-state index in [-0.39, 0.29) is 0 Å². The van der Waals surface area contributed by atoms with Crippen LogP contribution in [0.3, 0.4) is 0 Å². The molecule has 0 saturated carbocycles. The minimum Gasteiger partial charge on any atom is -0.311 e. The second-order valence-electron chi connectivity index (χ2n) is 29.6. The van der Waals surface area contributed by atoms with Crippen molar-refractivity contribution in [2.45, 2.75) is 0 Å². The molecule has 2 heterocycles. The van der Waals surface area contributed by atoms with Gasteiger partial charge in [0.2, 0.25) is 0 Å². The van der Waals surface area contributed by atoms with Gasteiger partial charge in [-0.15, -0.1) is 0 Å². The number of aromatic nitrogens is 2. The van der Waals surface area contributed by atoms with Gasteiger partial charge in [-0.1, -0.05) is 309 Å². The summed E-state index contributed by atoms with van der Waals surface area (Å²) in [5, 5.41) is 9.53. The average molecular weight is 1470 g/mol. The molecule has 5 heteroatoms. The zero-order chi connectivity index (χ0) is 76.1. The maximum atomic E-state index is 2.50. The van der Waals surface area contributed by atoms with Gasteiger partial charge in [0.15, 0.2) is 0 Å². The van der Waals surface area contributed by atoms with Crippen LogP contribution >= 0.6 is 0 Å². The van der Waals surface area contributed by atoms with Gasteiger partial charge in [0.05, 0.1) is 33.4 Å². The second-order valence-corrected chi connectivity index (χ2v) is 29.6. The van der Waals surface area contributed by atoms with Crippen LogP contribution in [-0.2, 0) is 0 Å². The number of fused-ring (bicyclic) bond motifs is 8. The molecule has 21 rings (SSSR count). The topological polar surface area (TPSA) is 19.6 Å². The molecule has 115 heavy (non-hydrogen) atoms. The summed E-state index contributed by atoms with van der Waals surface area (Å²) in [4.78, 5) is 7.15. The first-order chi connectivity index (χ1) is 57.0. The highest BCUT2D eigenvalue weighted by atomic mass is 15.2. The minimum absolute atomic E-state index is 1.06. The summed E-state index contributed by atoms with van der Waals surface area (Å²) in [6.45, 7) is 0. The Labute approximate surface area is 668 Å². The number of hydrogen-bond donors (Lipinski definition) is 0. The first kappa shape index (κ1) is 67.8. The Hall–Kier alpha value is -15.3. The third kappa shape index (κ3) is 12.6. The van der Waals surface area contributed by atoms with Crippen LogP contribution in [0.2, 0.25) is 0 Å². The molecule has 0 amide bonds. The Balaban J connectivity index is 0.649. The van der Waals surface area contributed by atoms with Gasteiger partial charge in [-0.2, -0.15) is 0 Å². The van der Waals surface area contributed by atoms with Crippen molar-refractivity contribution in [2.75, 3.05) is 14.7 Å². The maximum Gasteiger partial charge on any atom is 0.0547 e. The number of benzene rings is 19. The Bertz CT molecular complexity index is 7000. The third-order valence-electron chi connectivity index (χ3n) is 22.8. The molecule has 0 saturated heterocycles. The fraction of sp³-hybridized carbons (Fsp3) is 0. The lowest BCUT2D eigenvalue weighted by Gasteiger charge is -2.28. The summed E-state index contributed by atoms with van der Waals surface area (Å²) < 4.78 is 4.96. The lowest BCUT2D eigenvalue weighted by atomic mass is 9.97. The van der Waals surface area contributed by atoms with E-state index in [2.05, 4.69) is 479 Å². The molecular weight excluding hydrogens is 1390 g/mol. The van der Waals surface area contributed by atoms with E-state index >= 15 is 0 Å². The largest absolute Gasteiger partial charge is 0.311 e. The summed E-state index contributed by atoms with van der Waals surface area (Å²) in [6, 6.07) is 166. The fourth-order valence-electron chi connectivity index (χ4n) is 17.3. The summed E-state index contributed by atoms with van der Waals surface area (Å²) >= 11 is 0. The van der Waals surface area contributed by atoms with Crippen LogP contribution in [0.4, 0.5) is 51.2 Å². The molecule has 19 aromatic carbocycles. The van der Waals surface area contributed by atoms with Crippen LogP contribution in [-0.4, -0.2) is 9.13 Å². The number of nitrogens with zero attached hydrogens (tertiary/aromatic N) is 5. The van der Waals surface area contributed by atoms with Gasteiger partial charge in [0.1, 0.15) is 0 Å². The molecule has 0 bridgehead atoms. The predicted octanol–water partition coefficient (Wildman–Crippen LogP) is 30.6. The lowest BCUT2D eigenvalue weighted by Crippen LogP contribution is -2.10. The van der Waals surface area contributed by atoms with Crippen LogP contribution in [0.1, 0.15) is 0 Å². The Morgan fingerprint density at radius 3 is 0.870 bits per heavy atom. The number of para-hydroxylation sites is 5. The van der Waals surface area contributed by atoms with Crippen LogP contribution < -0.4 is 14.7 Å². The lowest BCUT2D eigenvalue weighted by molar-refractivity contribution is 1.13. The number of rotatable bonds is 17. The average Bonchev–Trinajstić information content (AvgIpc) is 1.56.